The van der Waals surface area contributed by atoms with Crippen LogP contribution < -0.4 is 11.1 Å². The summed E-state index contributed by atoms with van der Waals surface area (Å²) in [5.74, 6) is -0.402. The van der Waals surface area contributed by atoms with Crippen LogP contribution in [0.2, 0.25) is 10.0 Å². The number of halogens is 2. The average molecular weight is 288 g/mol. The molecule has 1 atom stereocenters. The van der Waals surface area contributed by atoms with Crippen LogP contribution >= 0.6 is 23.2 Å². The first-order chi connectivity index (χ1) is 8.61. The molecular weight excluding hydrogens is 273 g/mol. The minimum absolute atomic E-state index is 0.402. The Morgan fingerprint density at radius 1 is 1.33 bits per heavy atom. The van der Waals surface area contributed by atoms with Gasteiger partial charge in [0.1, 0.15) is 6.04 Å². The lowest BCUT2D eigenvalue weighted by Crippen LogP contribution is -2.48. The van der Waals surface area contributed by atoms with Crippen molar-refractivity contribution in [3.63, 3.8) is 0 Å². The molecule has 1 unspecified atom stereocenters. The summed E-state index contributed by atoms with van der Waals surface area (Å²) in [6.07, 6.45) is 0. The molecule has 1 amide bonds. The first-order valence-corrected chi connectivity index (χ1v) is 6.55. The molecule has 4 nitrogen and oxygen atoms in total. The largest absolute Gasteiger partial charge is 0.368 e. The van der Waals surface area contributed by atoms with Crippen LogP contribution in [0.15, 0.2) is 18.2 Å². The Labute approximate surface area is 116 Å². The second kappa shape index (κ2) is 5.89. The summed E-state index contributed by atoms with van der Waals surface area (Å²) in [6.45, 7) is 3.19. The molecule has 1 aliphatic rings. The Hall–Kier alpha value is -0.810. The second-order valence-corrected chi connectivity index (χ2v) is 5.02. The Morgan fingerprint density at radius 2 is 2.00 bits per heavy atom. The Kier molecular flexibility index (Phi) is 4.45. The van der Waals surface area contributed by atoms with Gasteiger partial charge in [0.2, 0.25) is 5.91 Å². The van der Waals surface area contributed by atoms with E-state index in [-0.39, 0.29) is 0 Å². The van der Waals surface area contributed by atoms with E-state index in [1.54, 1.807) is 18.2 Å². The number of benzene rings is 1. The summed E-state index contributed by atoms with van der Waals surface area (Å²) in [7, 11) is 0. The van der Waals surface area contributed by atoms with Crippen LogP contribution in [0.4, 0.5) is 0 Å². The molecule has 1 aromatic rings. The van der Waals surface area contributed by atoms with Gasteiger partial charge in [-0.05, 0) is 11.6 Å². The molecule has 1 aromatic carbocycles. The number of carbonyl (C=O) groups excluding carboxylic acids is 1. The van der Waals surface area contributed by atoms with Crippen molar-refractivity contribution < 1.29 is 4.79 Å². The minimum Gasteiger partial charge on any atom is -0.368 e. The monoisotopic (exact) mass is 287 g/mol. The zero-order valence-electron chi connectivity index (χ0n) is 9.83. The highest BCUT2D eigenvalue weighted by Gasteiger charge is 2.29. The first-order valence-electron chi connectivity index (χ1n) is 5.79. The summed E-state index contributed by atoms with van der Waals surface area (Å²) >= 11 is 12.2. The number of nitrogens with two attached hydrogens (primary N) is 1. The normalized spacial score (nSPS) is 18.6. The second-order valence-electron chi connectivity index (χ2n) is 4.23. The molecule has 0 bridgehead atoms. The topological polar surface area (TPSA) is 58.4 Å². The van der Waals surface area contributed by atoms with E-state index < -0.39 is 11.9 Å². The van der Waals surface area contributed by atoms with Gasteiger partial charge in [0.15, 0.2) is 0 Å². The molecule has 0 radical (unpaired) electrons. The first kappa shape index (κ1) is 13.6. The van der Waals surface area contributed by atoms with Crippen LogP contribution in [0.3, 0.4) is 0 Å². The summed E-state index contributed by atoms with van der Waals surface area (Å²) in [5.41, 5.74) is 6.20. The number of hydrogen-bond acceptors (Lipinski definition) is 3. The molecule has 3 N–H and O–H groups in total. The van der Waals surface area contributed by atoms with Crippen molar-refractivity contribution in [3.8, 4) is 0 Å². The van der Waals surface area contributed by atoms with Crippen molar-refractivity contribution in [3.05, 3.63) is 33.8 Å². The van der Waals surface area contributed by atoms with Gasteiger partial charge in [0.05, 0.1) is 10.0 Å². The zero-order valence-corrected chi connectivity index (χ0v) is 11.3. The number of nitrogens with zero attached hydrogens (tertiary/aromatic N) is 1. The van der Waals surface area contributed by atoms with Gasteiger partial charge in [-0.1, -0.05) is 35.3 Å². The van der Waals surface area contributed by atoms with Crippen molar-refractivity contribution in [2.24, 2.45) is 5.73 Å². The van der Waals surface area contributed by atoms with Crippen LogP contribution in [0.25, 0.3) is 0 Å². The van der Waals surface area contributed by atoms with Crippen LogP contribution in [0.1, 0.15) is 11.6 Å². The maximum atomic E-state index is 11.7. The predicted octanol–water partition coefficient (Wildman–Crippen LogP) is 1.43. The molecule has 1 fully saturated rings. The van der Waals surface area contributed by atoms with Crippen LogP contribution in [-0.4, -0.2) is 37.0 Å². The molecule has 1 saturated heterocycles. The highest BCUT2D eigenvalue weighted by molar-refractivity contribution is 6.42. The van der Waals surface area contributed by atoms with Gasteiger partial charge in [-0.3, -0.25) is 9.69 Å². The third-order valence-corrected chi connectivity index (χ3v) is 3.90. The van der Waals surface area contributed by atoms with E-state index in [9.17, 15) is 4.79 Å². The van der Waals surface area contributed by atoms with E-state index in [0.717, 1.165) is 26.2 Å². The highest BCUT2D eigenvalue weighted by Crippen LogP contribution is 2.32. The highest BCUT2D eigenvalue weighted by atomic mass is 35.5. The van der Waals surface area contributed by atoms with Gasteiger partial charge >= 0.3 is 0 Å². The summed E-state index contributed by atoms with van der Waals surface area (Å²) in [5, 5.41) is 4.08. The lowest BCUT2D eigenvalue weighted by Gasteiger charge is -2.33. The zero-order chi connectivity index (χ0) is 13.1. The fraction of sp³-hybridized carbons (Fsp3) is 0.417. The van der Waals surface area contributed by atoms with Gasteiger partial charge in [-0.15, -0.1) is 0 Å². The molecule has 1 aliphatic heterocycles. The van der Waals surface area contributed by atoms with Crippen molar-refractivity contribution in [2.75, 3.05) is 26.2 Å². The molecular formula is C12H15Cl2N3O. The molecule has 0 aliphatic carbocycles. The maximum absolute atomic E-state index is 11.7. The lowest BCUT2D eigenvalue weighted by atomic mass is 10.0. The molecule has 0 spiro atoms. The van der Waals surface area contributed by atoms with Gasteiger partial charge in [0.25, 0.3) is 0 Å². The standard InChI is InChI=1S/C12H15Cl2N3O/c13-9-3-1-2-8(10(9)14)11(12(15)18)17-6-4-16-5-7-17/h1-3,11,16H,4-7H2,(H2,15,18). The van der Waals surface area contributed by atoms with Crippen LogP contribution in [-0.2, 0) is 4.79 Å². The Balaban J connectivity index is 2.34. The maximum Gasteiger partial charge on any atom is 0.239 e. The van der Waals surface area contributed by atoms with Gasteiger partial charge in [-0.2, -0.15) is 0 Å². The van der Waals surface area contributed by atoms with E-state index in [2.05, 4.69) is 5.32 Å². The van der Waals surface area contributed by atoms with Crippen molar-refractivity contribution in [2.45, 2.75) is 6.04 Å². The van der Waals surface area contributed by atoms with Crippen molar-refractivity contribution in [1.82, 2.24) is 10.2 Å². The number of nitrogens with one attached hydrogen (secondary N) is 1. The molecule has 98 valence electrons. The SMILES string of the molecule is NC(=O)C(c1cccc(Cl)c1Cl)N1CCNCC1. The molecule has 0 saturated carbocycles. The van der Waals surface area contributed by atoms with Gasteiger partial charge in [0, 0.05) is 26.2 Å². The number of hydrogen-bond donors (Lipinski definition) is 2. The molecule has 1 heterocycles. The minimum atomic E-state index is -0.515. The Morgan fingerprint density at radius 3 is 2.61 bits per heavy atom. The summed E-state index contributed by atoms with van der Waals surface area (Å²) < 4.78 is 0. The average Bonchev–Trinajstić information content (AvgIpc) is 2.36. The van der Waals surface area contributed by atoms with E-state index >= 15 is 0 Å². The molecule has 2 rings (SSSR count). The number of rotatable bonds is 3. The summed E-state index contributed by atoms with van der Waals surface area (Å²) in [6, 6.07) is 4.76. The Bertz CT molecular complexity index is 447. The van der Waals surface area contributed by atoms with Crippen molar-refractivity contribution in [1.29, 1.82) is 0 Å². The van der Waals surface area contributed by atoms with Crippen molar-refractivity contribution >= 4 is 29.1 Å². The number of carbonyl (C=O) groups is 1. The third-order valence-electron chi connectivity index (χ3n) is 3.06. The predicted molar refractivity (Wildman–Crippen MR) is 72.8 cm³/mol. The van der Waals surface area contributed by atoms with Crippen LogP contribution in [0.5, 0.6) is 0 Å². The van der Waals surface area contributed by atoms with E-state index in [1.165, 1.54) is 0 Å². The molecule has 18 heavy (non-hydrogen) atoms. The lowest BCUT2D eigenvalue weighted by molar-refractivity contribution is -0.123. The van der Waals surface area contributed by atoms with Gasteiger partial charge < -0.3 is 11.1 Å². The van der Waals surface area contributed by atoms with Crippen LogP contribution in [0, 0.1) is 0 Å². The quantitative estimate of drug-likeness (QED) is 0.884. The number of piperazine rings is 1. The fourth-order valence-electron chi connectivity index (χ4n) is 2.20. The molecule has 0 aromatic heterocycles. The number of primary amides is 1. The van der Waals surface area contributed by atoms with Gasteiger partial charge in [-0.25, -0.2) is 0 Å². The third kappa shape index (κ3) is 2.78. The fourth-order valence-corrected chi connectivity index (χ4v) is 2.61. The van der Waals surface area contributed by atoms with E-state index in [4.69, 9.17) is 28.9 Å². The number of amides is 1. The summed E-state index contributed by atoms with van der Waals surface area (Å²) in [4.78, 5) is 13.7. The molecule has 6 heteroatoms. The van der Waals surface area contributed by atoms with E-state index in [0.29, 0.717) is 15.6 Å². The van der Waals surface area contributed by atoms with E-state index in [1.807, 2.05) is 4.90 Å². The smallest absolute Gasteiger partial charge is 0.239 e.